The number of carbonyl (C=O) groups excluding carboxylic acids is 1. The second-order valence-electron chi connectivity index (χ2n) is 10.4. The van der Waals surface area contributed by atoms with Crippen LogP contribution in [-0.2, 0) is 12.8 Å². The number of ketones is 1. The number of aromatic nitrogens is 3. The Morgan fingerprint density at radius 3 is 2.67 bits per heavy atom. The van der Waals surface area contributed by atoms with E-state index in [9.17, 15) is 9.59 Å². The first-order valence-corrected chi connectivity index (χ1v) is 15.7. The quantitative estimate of drug-likeness (QED) is 0.127. The maximum atomic E-state index is 14.0. The van der Waals surface area contributed by atoms with Crippen LogP contribution in [0.5, 0.6) is 17.2 Å². The van der Waals surface area contributed by atoms with Gasteiger partial charge in [-0.2, -0.15) is 0 Å². The number of carbonyl (C=O) groups is 1. The second-order valence-corrected chi connectivity index (χ2v) is 12.5. The Morgan fingerprint density at radius 2 is 1.83 bits per heavy atom. The number of nitrogens with zero attached hydrogens (tertiary/aromatic N) is 3. The number of aryl methyl sites for hydroxylation is 3. The summed E-state index contributed by atoms with van der Waals surface area (Å²) in [5, 5.41) is 1.20. The molecule has 0 unspecified atom stereocenters. The van der Waals surface area contributed by atoms with Crippen molar-refractivity contribution in [2.45, 2.75) is 38.3 Å². The van der Waals surface area contributed by atoms with Crippen LogP contribution in [0.4, 0.5) is 0 Å². The molecule has 0 atom stereocenters. The van der Waals surface area contributed by atoms with Crippen molar-refractivity contribution in [3.63, 3.8) is 0 Å². The van der Waals surface area contributed by atoms with Gasteiger partial charge in [0.05, 0.1) is 23.9 Å². The van der Waals surface area contributed by atoms with Crippen molar-refractivity contribution in [2.24, 2.45) is 0 Å². The lowest BCUT2D eigenvalue weighted by atomic mass is 10.2. The van der Waals surface area contributed by atoms with E-state index >= 15 is 0 Å². The zero-order chi connectivity index (χ0) is 29.0. The third-order valence-corrected chi connectivity index (χ3v) is 9.99. The van der Waals surface area contributed by atoms with Gasteiger partial charge in [0.25, 0.3) is 5.56 Å². The van der Waals surface area contributed by atoms with Crippen LogP contribution < -0.4 is 19.8 Å². The summed E-state index contributed by atoms with van der Waals surface area (Å²) in [6.45, 7) is 4.98. The van der Waals surface area contributed by atoms with E-state index in [1.165, 1.54) is 16.6 Å². The largest absolute Gasteiger partial charge is 0.497 e. The maximum Gasteiger partial charge on any atom is 0.267 e. The van der Waals surface area contributed by atoms with Crippen molar-refractivity contribution in [1.82, 2.24) is 14.1 Å². The van der Waals surface area contributed by atoms with E-state index in [1.54, 1.807) is 23.0 Å². The van der Waals surface area contributed by atoms with Crippen molar-refractivity contribution < 1.29 is 19.0 Å². The molecule has 0 saturated heterocycles. The molecule has 2 aromatic carbocycles. The number of thiophene rings is 1. The van der Waals surface area contributed by atoms with Gasteiger partial charge in [0.1, 0.15) is 23.8 Å². The number of ether oxygens (including phenoxy) is 3. The molecule has 42 heavy (non-hydrogen) atoms. The van der Waals surface area contributed by atoms with Gasteiger partial charge < -0.3 is 18.8 Å². The van der Waals surface area contributed by atoms with Crippen LogP contribution in [0.2, 0.25) is 0 Å². The summed E-state index contributed by atoms with van der Waals surface area (Å²) in [6, 6.07) is 15.1. The fourth-order valence-electron chi connectivity index (χ4n) is 5.92. The van der Waals surface area contributed by atoms with Crippen LogP contribution in [0.25, 0.3) is 21.6 Å². The van der Waals surface area contributed by atoms with Gasteiger partial charge in [-0.15, -0.1) is 11.3 Å². The number of hydrogen-bond donors (Lipinski definition) is 0. The Balaban J connectivity index is 1.23. The molecule has 0 amide bonds. The SMILES string of the molecule is COc1cccc(-n2c(SCC(=O)c3cc(C)n(-c4ccc5c(c4)OCCO5)c3C)nc3sc4c(c3c2=O)CCC4)c1. The zero-order valence-corrected chi connectivity index (χ0v) is 25.2. The molecule has 0 saturated carbocycles. The molecular weight excluding hydrogens is 571 g/mol. The first-order chi connectivity index (χ1) is 20.4. The predicted octanol–water partition coefficient (Wildman–Crippen LogP) is 6.10. The number of rotatable bonds is 7. The molecule has 2 aliphatic rings. The van der Waals surface area contributed by atoms with Crippen molar-refractivity contribution in [1.29, 1.82) is 0 Å². The summed E-state index contributed by atoms with van der Waals surface area (Å²) in [5.41, 5.74) is 5.03. The van der Waals surface area contributed by atoms with Crippen molar-refractivity contribution in [3.05, 3.63) is 86.3 Å². The molecule has 4 heterocycles. The first kappa shape index (κ1) is 26.9. The number of fused-ring (bicyclic) bond motifs is 4. The smallest absolute Gasteiger partial charge is 0.267 e. The molecule has 8 nitrogen and oxygen atoms in total. The molecule has 0 spiro atoms. The third kappa shape index (κ3) is 4.49. The van der Waals surface area contributed by atoms with Gasteiger partial charge in [-0.1, -0.05) is 17.8 Å². The van der Waals surface area contributed by atoms with Crippen molar-refractivity contribution in [3.8, 4) is 28.6 Å². The summed E-state index contributed by atoms with van der Waals surface area (Å²) < 4.78 is 20.6. The molecule has 3 aromatic heterocycles. The molecule has 1 aliphatic carbocycles. The van der Waals surface area contributed by atoms with Gasteiger partial charge >= 0.3 is 0 Å². The monoisotopic (exact) mass is 599 g/mol. The van der Waals surface area contributed by atoms with Crippen molar-refractivity contribution in [2.75, 3.05) is 26.1 Å². The van der Waals surface area contributed by atoms with E-state index in [0.29, 0.717) is 46.5 Å². The van der Waals surface area contributed by atoms with Gasteiger partial charge in [0.2, 0.25) is 0 Å². The Kier molecular flexibility index (Phi) is 6.82. The lowest BCUT2D eigenvalue weighted by molar-refractivity contribution is 0.102. The van der Waals surface area contributed by atoms with Crippen LogP contribution in [0.3, 0.4) is 0 Å². The lowest BCUT2D eigenvalue weighted by Gasteiger charge is -2.20. The topological polar surface area (TPSA) is 84.6 Å². The molecule has 5 aromatic rings. The fourth-order valence-corrected chi connectivity index (χ4v) is 8.12. The number of benzene rings is 2. The third-order valence-electron chi connectivity index (χ3n) is 7.87. The predicted molar refractivity (Wildman–Crippen MR) is 165 cm³/mol. The Hall–Kier alpha value is -4.02. The fraction of sp³-hybridized carbons (Fsp3) is 0.281. The number of thioether (sulfide) groups is 1. The Morgan fingerprint density at radius 1 is 1.02 bits per heavy atom. The highest BCUT2D eigenvalue weighted by molar-refractivity contribution is 7.99. The van der Waals surface area contributed by atoms with E-state index in [1.807, 2.05) is 62.4 Å². The average molecular weight is 600 g/mol. The minimum Gasteiger partial charge on any atom is -0.497 e. The van der Waals surface area contributed by atoms with E-state index in [0.717, 1.165) is 52.5 Å². The van der Waals surface area contributed by atoms with Crippen molar-refractivity contribution >= 4 is 39.1 Å². The molecule has 10 heteroatoms. The standard InChI is InChI=1S/C32H29N3O5S2/c1-18-14-24(19(2)34(18)21-10-11-26-27(16-21)40-13-12-39-26)25(36)17-41-32-33-30-29(23-8-5-9-28(23)42-30)31(37)35(32)20-6-4-7-22(15-20)38-3/h4,6-7,10-11,14-16H,5,8-9,12-13,17H2,1-3H3. The highest BCUT2D eigenvalue weighted by Gasteiger charge is 2.25. The van der Waals surface area contributed by atoms with E-state index in [-0.39, 0.29) is 17.1 Å². The van der Waals surface area contributed by atoms with Crippen LogP contribution in [0.15, 0.2) is 58.5 Å². The number of hydrogen-bond acceptors (Lipinski definition) is 8. The molecule has 0 radical (unpaired) electrons. The second kappa shape index (κ2) is 10.7. The summed E-state index contributed by atoms with van der Waals surface area (Å²) in [7, 11) is 1.60. The summed E-state index contributed by atoms with van der Waals surface area (Å²) >= 11 is 2.89. The van der Waals surface area contributed by atoms with Gasteiger partial charge in [-0.3, -0.25) is 14.2 Å². The minimum atomic E-state index is -0.0978. The summed E-state index contributed by atoms with van der Waals surface area (Å²) in [5.74, 6) is 2.18. The van der Waals surface area contributed by atoms with Gasteiger partial charge in [0.15, 0.2) is 22.4 Å². The average Bonchev–Trinajstić information content (AvgIpc) is 3.68. The van der Waals surface area contributed by atoms with Gasteiger partial charge in [0, 0.05) is 39.6 Å². The number of methoxy groups -OCH3 is 1. The normalized spacial score (nSPS) is 13.9. The van der Waals surface area contributed by atoms with E-state index < -0.39 is 0 Å². The molecule has 214 valence electrons. The molecule has 0 bridgehead atoms. The lowest BCUT2D eigenvalue weighted by Crippen LogP contribution is -2.22. The van der Waals surface area contributed by atoms with Gasteiger partial charge in [-0.25, -0.2) is 4.98 Å². The summed E-state index contributed by atoms with van der Waals surface area (Å²) in [4.78, 5) is 34.6. The minimum absolute atomic E-state index is 0.0305. The van der Waals surface area contributed by atoms with Gasteiger partial charge in [-0.05, 0) is 69.0 Å². The van der Waals surface area contributed by atoms with E-state index in [4.69, 9.17) is 19.2 Å². The Labute approximate surface area is 250 Å². The highest BCUT2D eigenvalue weighted by atomic mass is 32.2. The molecule has 0 fully saturated rings. The summed E-state index contributed by atoms with van der Waals surface area (Å²) in [6.07, 6.45) is 2.94. The van der Waals surface area contributed by atoms with Crippen LogP contribution in [0, 0.1) is 13.8 Å². The Bertz CT molecular complexity index is 1940. The van der Waals surface area contributed by atoms with Crippen LogP contribution in [-0.4, -0.2) is 46.0 Å². The molecular formula is C32H29N3O5S2. The number of Topliss-reactive ketones (excluding diaryl/α,β-unsaturated/α-hetero) is 1. The molecule has 0 N–H and O–H groups in total. The molecule has 7 rings (SSSR count). The maximum absolute atomic E-state index is 14.0. The highest BCUT2D eigenvalue weighted by Crippen LogP contribution is 2.37. The zero-order valence-electron chi connectivity index (χ0n) is 23.6. The molecule has 1 aliphatic heterocycles. The van der Waals surface area contributed by atoms with Crippen LogP contribution >= 0.6 is 23.1 Å². The van der Waals surface area contributed by atoms with E-state index in [2.05, 4.69) is 4.57 Å². The van der Waals surface area contributed by atoms with Crippen LogP contribution in [0.1, 0.15) is 38.6 Å². The first-order valence-electron chi connectivity index (χ1n) is 13.9.